The first-order valence-electron chi connectivity index (χ1n) is 6.97. The maximum Gasteiger partial charge on any atom is 0.162 e. The number of carbonyl (C=O) groups is 1. The van der Waals surface area contributed by atoms with Crippen LogP contribution in [0.2, 0.25) is 0 Å². The molecule has 1 saturated carbocycles. The molecular weight excluding hydrogens is 222 g/mol. The highest BCUT2D eigenvalue weighted by Crippen LogP contribution is 2.29. The van der Waals surface area contributed by atoms with E-state index in [0.29, 0.717) is 12.2 Å². The van der Waals surface area contributed by atoms with Crippen molar-refractivity contribution in [1.82, 2.24) is 0 Å². The summed E-state index contributed by atoms with van der Waals surface area (Å²) >= 11 is 0. The Morgan fingerprint density at radius 1 is 1.28 bits per heavy atom. The number of hydrogen-bond acceptors (Lipinski definition) is 2. The number of anilines is 1. The summed E-state index contributed by atoms with van der Waals surface area (Å²) in [5.74, 6) is 1.09. The molecule has 1 aliphatic carbocycles. The quantitative estimate of drug-likeness (QED) is 0.733. The van der Waals surface area contributed by atoms with E-state index in [1.165, 1.54) is 25.7 Å². The first-order chi connectivity index (χ1) is 8.66. The first-order valence-corrected chi connectivity index (χ1v) is 6.97. The minimum absolute atomic E-state index is 0.297. The standard InChI is InChI=1S/C16H23NO/c1-17(2)15-9-5-8-14(12-15)16(18)11-10-13-6-3-4-7-13/h5,8-9,12-13H,3-4,6-7,10-11H2,1-2H3. The summed E-state index contributed by atoms with van der Waals surface area (Å²) in [6, 6.07) is 7.94. The van der Waals surface area contributed by atoms with Gasteiger partial charge < -0.3 is 4.90 Å². The maximum atomic E-state index is 12.2. The predicted octanol–water partition coefficient (Wildman–Crippen LogP) is 3.91. The van der Waals surface area contributed by atoms with Crippen molar-refractivity contribution >= 4 is 11.5 Å². The molecule has 1 aromatic rings. The fraction of sp³-hybridized carbons (Fsp3) is 0.562. The van der Waals surface area contributed by atoms with E-state index in [0.717, 1.165) is 23.6 Å². The third kappa shape index (κ3) is 3.34. The molecule has 0 spiro atoms. The lowest BCUT2D eigenvalue weighted by Gasteiger charge is -2.13. The first kappa shape index (κ1) is 13.1. The molecule has 0 aromatic heterocycles. The number of carbonyl (C=O) groups excluding carboxylic acids is 1. The van der Waals surface area contributed by atoms with Crippen LogP contribution in [-0.2, 0) is 0 Å². The molecule has 2 rings (SSSR count). The molecule has 0 unspecified atom stereocenters. The van der Waals surface area contributed by atoms with Crippen LogP contribution in [0.1, 0.15) is 48.9 Å². The molecule has 18 heavy (non-hydrogen) atoms. The number of Topliss-reactive ketones (excluding diaryl/α,β-unsaturated/α-hetero) is 1. The monoisotopic (exact) mass is 245 g/mol. The molecule has 2 heteroatoms. The van der Waals surface area contributed by atoms with Crippen LogP contribution in [-0.4, -0.2) is 19.9 Å². The summed E-state index contributed by atoms with van der Waals surface area (Å²) in [6.07, 6.45) is 7.15. The van der Waals surface area contributed by atoms with Crippen molar-refractivity contribution in [2.24, 2.45) is 5.92 Å². The van der Waals surface area contributed by atoms with Gasteiger partial charge in [-0.05, 0) is 24.5 Å². The van der Waals surface area contributed by atoms with Crippen molar-refractivity contribution in [2.75, 3.05) is 19.0 Å². The number of rotatable bonds is 5. The lowest BCUT2D eigenvalue weighted by Crippen LogP contribution is -2.10. The van der Waals surface area contributed by atoms with Gasteiger partial charge in [0.25, 0.3) is 0 Å². The second-order valence-electron chi connectivity index (χ2n) is 5.56. The van der Waals surface area contributed by atoms with E-state index in [-0.39, 0.29) is 0 Å². The predicted molar refractivity (Wildman–Crippen MR) is 76.3 cm³/mol. The smallest absolute Gasteiger partial charge is 0.162 e. The van der Waals surface area contributed by atoms with Gasteiger partial charge in [-0.1, -0.05) is 37.8 Å². The van der Waals surface area contributed by atoms with Crippen LogP contribution in [0.25, 0.3) is 0 Å². The second kappa shape index (κ2) is 6.03. The van der Waals surface area contributed by atoms with Gasteiger partial charge in [0.05, 0.1) is 0 Å². The highest BCUT2D eigenvalue weighted by molar-refractivity contribution is 5.96. The zero-order chi connectivity index (χ0) is 13.0. The highest BCUT2D eigenvalue weighted by Gasteiger charge is 2.16. The third-order valence-corrected chi connectivity index (χ3v) is 3.94. The molecule has 0 bridgehead atoms. The SMILES string of the molecule is CN(C)c1cccc(C(=O)CCC2CCCC2)c1. The summed E-state index contributed by atoms with van der Waals surface area (Å²) in [6.45, 7) is 0. The van der Waals surface area contributed by atoms with E-state index in [4.69, 9.17) is 0 Å². The molecule has 2 nitrogen and oxygen atoms in total. The van der Waals surface area contributed by atoms with Gasteiger partial charge in [0.15, 0.2) is 5.78 Å². The lowest BCUT2D eigenvalue weighted by molar-refractivity contribution is 0.0974. The molecule has 1 fully saturated rings. The Balaban J connectivity index is 1.93. The Hall–Kier alpha value is -1.31. The van der Waals surface area contributed by atoms with E-state index in [1.54, 1.807) is 0 Å². The minimum Gasteiger partial charge on any atom is -0.378 e. The summed E-state index contributed by atoms with van der Waals surface area (Å²) in [4.78, 5) is 14.2. The van der Waals surface area contributed by atoms with Crippen LogP contribution in [0, 0.1) is 5.92 Å². The van der Waals surface area contributed by atoms with Crippen molar-refractivity contribution in [3.8, 4) is 0 Å². The molecule has 1 aliphatic rings. The van der Waals surface area contributed by atoms with Crippen LogP contribution >= 0.6 is 0 Å². The highest BCUT2D eigenvalue weighted by atomic mass is 16.1. The Bertz CT molecular complexity index is 405. The van der Waals surface area contributed by atoms with Gasteiger partial charge in [0.1, 0.15) is 0 Å². The Morgan fingerprint density at radius 3 is 2.67 bits per heavy atom. The molecule has 0 saturated heterocycles. The van der Waals surface area contributed by atoms with Gasteiger partial charge in [-0.25, -0.2) is 0 Å². The third-order valence-electron chi connectivity index (χ3n) is 3.94. The second-order valence-corrected chi connectivity index (χ2v) is 5.56. The Labute approximate surface area is 110 Å². The van der Waals surface area contributed by atoms with Crippen molar-refractivity contribution in [3.63, 3.8) is 0 Å². The van der Waals surface area contributed by atoms with Gasteiger partial charge in [0, 0.05) is 31.8 Å². The van der Waals surface area contributed by atoms with Gasteiger partial charge in [-0.3, -0.25) is 4.79 Å². The number of benzene rings is 1. The van der Waals surface area contributed by atoms with E-state index in [9.17, 15) is 4.79 Å². The van der Waals surface area contributed by atoms with Crippen molar-refractivity contribution in [1.29, 1.82) is 0 Å². The lowest BCUT2D eigenvalue weighted by atomic mass is 9.97. The van der Waals surface area contributed by atoms with Gasteiger partial charge >= 0.3 is 0 Å². The fourth-order valence-electron chi connectivity index (χ4n) is 2.74. The molecule has 0 N–H and O–H groups in total. The molecular formula is C16H23NO. The Morgan fingerprint density at radius 2 is 2.00 bits per heavy atom. The van der Waals surface area contributed by atoms with Crippen LogP contribution in [0.5, 0.6) is 0 Å². The van der Waals surface area contributed by atoms with Crippen LogP contribution in [0.4, 0.5) is 5.69 Å². The molecule has 98 valence electrons. The van der Waals surface area contributed by atoms with Crippen LogP contribution in [0.3, 0.4) is 0 Å². The van der Waals surface area contributed by atoms with Gasteiger partial charge in [0.2, 0.25) is 0 Å². The molecule has 0 radical (unpaired) electrons. The molecule has 0 amide bonds. The van der Waals surface area contributed by atoms with E-state index in [1.807, 2.05) is 43.3 Å². The van der Waals surface area contributed by atoms with Crippen LogP contribution < -0.4 is 4.90 Å². The van der Waals surface area contributed by atoms with Crippen molar-refractivity contribution in [2.45, 2.75) is 38.5 Å². The van der Waals surface area contributed by atoms with E-state index >= 15 is 0 Å². The normalized spacial score (nSPS) is 15.9. The Kier molecular flexibility index (Phi) is 4.40. The number of nitrogens with zero attached hydrogens (tertiary/aromatic N) is 1. The van der Waals surface area contributed by atoms with Crippen molar-refractivity contribution < 1.29 is 4.79 Å². The van der Waals surface area contributed by atoms with Crippen LogP contribution in [0.15, 0.2) is 24.3 Å². The summed E-state index contributed by atoms with van der Waals surface area (Å²) in [7, 11) is 4.00. The van der Waals surface area contributed by atoms with Gasteiger partial charge in [-0.15, -0.1) is 0 Å². The maximum absolute atomic E-state index is 12.2. The zero-order valence-electron chi connectivity index (χ0n) is 11.5. The average Bonchev–Trinajstić information content (AvgIpc) is 2.89. The summed E-state index contributed by atoms with van der Waals surface area (Å²) < 4.78 is 0. The fourth-order valence-corrected chi connectivity index (χ4v) is 2.74. The van der Waals surface area contributed by atoms with E-state index in [2.05, 4.69) is 0 Å². The molecule has 1 aromatic carbocycles. The molecule has 0 atom stereocenters. The minimum atomic E-state index is 0.297. The van der Waals surface area contributed by atoms with Gasteiger partial charge in [-0.2, -0.15) is 0 Å². The molecule has 0 heterocycles. The van der Waals surface area contributed by atoms with Crippen molar-refractivity contribution in [3.05, 3.63) is 29.8 Å². The largest absolute Gasteiger partial charge is 0.378 e. The average molecular weight is 245 g/mol. The topological polar surface area (TPSA) is 20.3 Å². The number of hydrogen-bond donors (Lipinski definition) is 0. The zero-order valence-corrected chi connectivity index (χ0v) is 11.5. The summed E-state index contributed by atoms with van der Waals surface area (Å²) in [5.41, 5.74) is 1.96. The summed E-state index contributed by atoms with van der Waals surface area (Å²) in [5, 5.41) is 0. The number of ketones is 1. The van der Waals surface area contributed by atoms with E-state index < -0.39 is 0 Å². The molecule has 0 aliphatic heterocycles.